The van der Waals surface area contributed by atoms with Gasteiger partial charge in [0.1, 0.15) is 0 Å². The molecule has 0 saturated heterocycles. The molecule has 1 aliphatic rings. The van der Waals surface area contributed by atoms with Crippen LogP contribution in [0.3, 0.4) is 0 Å². The number of hydrogen-bond donors (Lipinski definition) is 1. The summed E-state index contributed by atoms with van der Waals surface area (Å²) in [5, 5.41) is 7.57. The van der Waals surface area contributed by atoms with E-state index < -0.39 is 0 Å². The average molecular weight is 142 g/mol. The predicted octanol–water partition coefficient (Wildman–Crippen LogP) is 1.29. The first kappa shape index (κ1) is 9.37. The first-order valence-electron chi connectivity index (χ1n) is 3.61. The van der Waals surface area contributed by atoms with Crippen molar-refractivity contribution in [3.63, 3.8) is 0 Å². The van der Waals surface area contributed by atoms with Crippen molar-refractivity contribution in [3.05, 3.63) is 12.2 Å². The van der Waals surface area contributed by atoms with E-state index in [-0.39, 0.29) is 12.4 Å². The summed E-state index contributed by atoms with van der Waals surface area (Å²) in [5.74, 6) is 0.284. The smallest absolute Gasteiger partial charge is 0.155 e. The van der Waals surface area contributed by atoms with E-state index in [0.29, 0.717) is 0 Å². The Labute approximate surface area is 61.6 Å². The zero-order valence-electron chi connectivity index (χ0n) is 6.34. The summed E-state index contributed by atoms with van der Waals surface area (Å²) in [6, 6.07) is 0. The van der Waals surface area contributed by atoms with E-state index in [4.69, 9.17) is 5.11 Å². The number of ketones is 1. The van der Waals surface area contributed by atoms with E-state index in [0.717, 1.165) is 19.3 Å². The summed E-state index contributed by atoms with van der Waals surface area (Å²) in [4.78, 5) is 10.4. The first-order chi connectivity index (χ1) is 4.81. The number of aliphatic hydroxyl groups is 1. The molecular weight excluding hydrogens is 128 g/mol. The van der Waals surface area contributed by atoms with Crippen molar-refractivity contribution in [2.75, 3.05) is 6.61 Å². The SMILES string of the molecule is CCO.O=C1C=CCCC1. The fraction of sp³-hybridized carbons (Fsp3) is 0.625. The van der Waals surface area contributed by atoms with E-state index in [1.54, 1.807) is 13.0 Å². The second-order valence-electron chi connectivity index (χ2n) is 2.08. The third-order valence-electron chi connectivity index (χ3n) is 1.10. The molecule has 0 spiro atoms. The molecule has 0 saturated carbocycles. The molecule has 2 nitrogen and oxygen atoms in total. The molecule has 0 radical (unpaired) electrons. The van der Waals surface area contributed by atoms with E-state index in [1.165, 1.54) is 0 Å². The van der Waals surface area contributed by atoms with Crippen LogP contribution in [0.2, 0.25) is 0 Å². The van der Waals surface area contributed by atoms with Crippen LogP contribution in [0.15, 0.2) is 12.2 Å². The van der Waals surface area contributed by atoms with Crippen LogP contribution in [-0.2, 0) is 4.79 Å². The fourth-order valence-corrected chi connectivity index (χ4v) is 0.692. The van der Waals surface area contributed by atoms with Gasteiger partial charge in [0.15, 0.2) is 5.78 Å². The molecule has 0 amide bonds. The lowest BCUT2D eigenvalue weighted by Crippen LogP contribution is -1.95. The summed E-state index contributed by atoms with van der Waals surface area (Å²) in [5.41, 5.74) is 0. The van der Waals surface area contributed by atoms with Crippen molar-refractivity contribution < 1.29 is 9.90 Å². The van der Waals surface area contributed by atoms with Crippen molar-refractivity contribution in [2.24, 2.45) is 0 Å². The van der Waals surface area contributed by atoms with E-state index in [2.05, 4.69) is 0 Å². The summed E-state index contributed by atoms with van der Waals surface area (Å²) >= 11 is 0. The minimum atomic E-state index is 0.250. The zero-order valence-corrected chi connectivity index (χ0v) is 6.34. The summed E-state index contributed by atoms with van der Waals surface area (Å²) in [6.45, 7) is 1.93. The van der Waals surface area contributed by atoms with Crippen LogP contribution in [0.25, 0.3) is 0 Å². The molecule has 0 fully saturated rings. The molecule has 2 heteroatoms. The quantitative estimate of drug-likeness (QED) is 0.553. The number of carbonyl (C=O) groups excluding carboxylic acids is 1. The van der Waals surface area contributed by atoms with Gasteiger partial charge in [-0.25, -0.2) is 0 Å². The second kappa shape index (κ2) is 6.49. The van der Waals surface area contributed by atoms with Crippen molar-refractivity contribution in [2.45, 2.75) is 26.2 Å². The summed E-state index contributed by atoms with van der Waals surface area (Å²) < 4.78 is 0. The fourth-order valence-electron chi connectivity index (χ4n) is 0.692. The molecule has 0 atom stereocenters. The minimum absolute atomic E-state index is 0.250. The van der Waals surface area contributed by atoms with Gasteiger partial charge in [-0.2, -0.15) is 0 Å². The number of aliphatic hydroxyl groups excluding tert-OH is 1. The van der Waals surface area contributed by atoms with E-state index >= 15 is 0 Å². The molecule has 0 aromatic heterocycles. The largest absolute Gasteiger partial charge is 0.397 e. The zero-order chi connectivity index (χ0) is 7.82. The molecule has 1 rings (SSSR count). The lowest BCUT2D eigenvalue weighted by molar-refractivity contribution is -0.114. The molecule has 0 heterocycles. The Balaban J connectivity index is 0.000000236. The first-order valence-corrected chi connectivity index (χ1v) is 3.61. The molecule has 0 aromatic carbocycles. The maximum atomic E-state index is 10.4. The molecule has 1 N–H and O–H groups in total. The highest BCUT2D eigenvalue weighted by molar-refractivity contribution is 5.90. The van der Waals surface area contributed by atoms with Crippen LogP contribution < -0.4 is 0 Å². The van der Waals surface area contributed by atoms with E-state index in [1.807, 2.05) is 6.08 Å². The third-order valence-corrected chi connectivity index (χ3v) is 1.10. The molecule has 0 bridgehead atoms. The van der Waals surface area contributed by atoms with Gasteiger partial charge in [-0.05, 0) is 25.8 Å². The van der Waals surface area contributed by atoms with Crippen LogP contribution in [0.4, 0.5) is 0 Å². The maximum absolute atomic E-state index is 10.4. The lowest BCUT2D eigenvalue weighted by Gasteiger charge is -1.97. The van der Waals surface area contributed by atoms with Crippen molar-refractivity contribution in [1.29, 1.82) is 0 Å². The van der Waals surface area contributed by atoms with Gasteiger partial charge in [0.25, 0.3) is 0 Å². The highest BCUT2D eigenvalue weighted by Crippen LogP contribution is 2.04. The minimum Gasteiger partial charge on any atom is -0.397 e. The van der Waals surface area contributed by atoms with E-state index in [9.17, 15) is 4.79 Å². The lowest BCUT2D eigenvalue weighted by atomic mass is 10.1. The Morgan fingerprint density at radius 1 is 1.70 bits per heavy atom. The molecule has 0 unspecified atom stereocenters. The molecule has 58 valence electrons. The van der Waals surface area contributed by atoms with Gasteiger partial charge in [0, 0.05) is 13.0 Å². The van der Waals surface area contributed by atoms with Crippen molar-refractivity contribution >= 4 is 5.78 Å². The highest BCUT2D eigenvalue weighted by Gasteiger charge is 1.98. The second-order valence-corrected chi connectivity index (χ2v) is 2.08. The highest BCUT2D eigenvalue weighted by atomic mass is 16.2. The molecule has 0 aliphatic heterocycles. The normalized spacial score (nSPS) is 16.0. The molecule has 10 heavy (non-hydrogen) atoms. The summed E-state index contributed by atoms with van der Waals surface area (Å²) in [7, 11) is 0. The van der Waals surface area contributed by atoms with Gasteiger partial charge in [-0.3, -0.25) is 4.79 Å². The predicted molar refractivity (Wildman–Crippen MR) is 40.8 cm³/mol. The number of carbonyl (C=O) groups is 1. The Bertz CT molecular complexity index is 116. The molecule has 1 aliphatic carbocycles. The van der Waals surface area contributed by atoms with Crippen LogP contribution in [0.5, 0.6) is 0 Å². The molecule has 0 aromatic rings. The van der Waals surface area contributed by atoms with Gasteiger partial charge < -0.3 is 5.11 Å². The third kappa shape index (κ3) is 5.51. The van der Waals surface area contributed by atoms with Gasteiger partial charge >= 0.3 is 0 Å². The topological polar surface area (TPSA) is 37.3 Å². The van der Waals surface area contributed by atoms with Crippen LogP contribution in [0.1, 0.15) is 26.2 Å². The van der Waals surface area contributed by atoms with Gasteiger partial charge in [0.05, 0.1) is 0 Å². The number of hydrogen-bond acceptors (Lipinski definition) is 2. The Morgan fingerprint density at radius 2 is 2.30 bits per heavy atom. The van der Waals surface area contributed by atoms with Crippen LogP contribution >= 0.6 is 0 Å². The van der Waals surface area contributed by atoms with Gasteiger partial charge in [0.2, 0.25) is 0 Å². The maximum Gasteiger partial charge on any atom is 0.155 e. The Kier molecular flexibility index (Phi) is 6.08. The molecular formula is C8H14O2. The van der Waals surface area contributed by atoms with Crippen molar-refractivity contribution in [3.8, 4) is 0 Å². The number of allylic oxidation sites excluding steroid dienone is 2. The van der Waals surface area contributed by atoms with Crippen LogP contribution in [-0.4, -0.2) is 17.5 Å². The monoisotopic (exact) mass is 142 g/mol. The van der Waals surface area contributed by atoms with Crippen LogP contribution in [0, 0.1) is 0 Å². The Hall–Kier alpha value is -0.630. The van der Waals surface area contributed by atoms with Gasteiger partial charge in [-0.15, -0.1) is 0 Å². The summed E-state index contributed by atoms with van der Waals surface area (Å²) in [6.07, 6.45) is 6.51. The number of rotatable bonds is 0. The standard InChI is InChI=1S/C6H8O.C2H6O/c7-6-4-2-1-3-5-6;1-2-3/h2,4H,1,3,5H2;3H,2H2,1H3. The van der Waals surface area contributed by atoms with Crippen molar-refractivity contribution in [1.82, 2.24) is 0 Å². The van der Waals surface area contributed by atoms with Gasteiger partial charge in [-0.1, -0.05) is 6.08 Å². The Morgan fingerprint density at radius 3 is 2.50 bits per heavy atom. The average Bonchev–Trinajstić information content (AvgIpc) is 1.91.